The summed E-state index contributed by atoms with van der Waals surface area (Å²) in [4.78, 5) is 11.9. The molecule has 0 saturated heterocycles. The summed E-state index contributed by atoms with van der Waals surface area (Å²) in [6.45, 7) is 0.453. The van der Waals surface area contributed by atoms with Crippen molar-refractivity contribution in [2.75, 3.05) is 13.7 Å². The predicted molar refractivity (Wildman–Crippen MR) is 94.9 cm³/mol. The number of alkyl halides is 3. The zero-order chi connectivity index (χ0) is 20.1. The monoisotopic (exact) mass is 393 g/mol. The molecule has 7 nitrogen and oxygen atoms in total. The molecule has 28 heavy (non-hydrogen) atoms. The largest absolute Gasteiger partial charge is 0.497 e. The molecule has 0 fully saturated rings. The Morgan fingerprint density at radius 2 is 1.89 bits per heavy atom. The van der Waals surface area contributed by atoms with E-state index in [2.05, 4.69) is 20.8 Å². The Bertz CT molecular complexity index is 954. The van der Waals surface area contributed by atoms with Gasteiger partial charge in [-0.05, 0) is 36.2 Å². The second kappa shape index (κ2) is 8.15. The molecule has 0 atom stereocenters. The lowest BCUT2D eigenvalue weighted by molar-refractivity contribution is -0.137. The molecule has 0 saturated carbocycles. The van der Waals surface area contributed by atoms with Gasteiger partial charge in [0.1, 0.15) is 5.75 Å². The lowest BCUT2D eigenvalue weighted by Gasteiger charge is -2.08. The number of hydrogen-bond acceptors (Lipinski definition) is 4. The molecule has 10 heteroatoms. The van der Waals surface area contributed by atoms with Crippen LogP contribution in [0.4, 0.5) is 18.0 Å². The topological polar surface area (TPSA) is 80.5 Å². The van der Waals surface area contributed by atoms with E-state index in [0.717, 1.165) is 23.4 Å². The number of methoxy groups -OCH3 is 1. The standard InChI is InChI=1S/C18H18F3N5O2/c1-28-14-4-2-12(3-5-14)6-8-22-17(27)23-11-16-25-24-15-10-13(18(19,20)21)7-9-26(15)16/h2-5,7,9-10H,6,8,11H2,1H3,(H2,22,23,27). The van der Waals surface area contributed by atoms with Gasteiger partial charge in [0, 0.05) is 12.7 Å². The molecule has 3 aromatic rings. The van der Waals surface area contributed by atoms with Crippen molar-refractivity contribution in [3.8, 4) is 5.75 Å². The van der Waals surface area contributed by atoms with Crippen molar-refractivity contribution in [2.24, 2.45) is 0 Å². The maximum atomic E-state index is 12.7. The number of carbonyl (C=O) groups excluding carboxylic acids is 1. The van der Waals surface area contributed by atoms with Crippen LogP contribution in [0.25, 0.3) is 5.65 Å². The summed E-state index contributed by atoms with van der Waals surface area (Å²) < 4.78 is 44.7. The molecule has 0 aliphatic rings. The number of fused-ring (bicyclic) bond motifs is 1. The summed E-state index contributed by atoms with van der Waals surface area (Å²) in [6, 6.07) is 8.95. The predicted octanol–water partition coefficient (Wildman–Crippen LogP) is 2.80. The molecule has 0 aliphatic heterocycles. The van der Waals surface area contributed by atoms with E-state index in [1.54, 1.807) is 7.11 Å². The van der Waals surface area contributed by atoms with Crippen molar-refractivity contribution < 1.29 is 22.7 Å². The van der Waals surface area contributed by atoms with Crippen molar-refractivity contribution >= 4 is 11.7 Å². The van der Waals surface area contributed by atoms with E-state index in [1.807, 2.05) is 24.3 Å². The van der Waals surface area contributed by atoms with Crippen LogP contribution in [0.15, 0.2) is 42.6 Å². The zero-order valence-electron chi connectivity index (χ0n) is 15.0. The molecule has 148 valence electrons. The maximum Gasteiger partial charge on any atom is 0.416 e. The van der Waals surface area contributed by atoms with Gasteiger partial charge in [-0.15, -0.1) is 10.2 Å². The first kappa shape index (κ1) is 19.5. The number of amides is 2. The highest BCUT2D eigenvalue weighted by Gasteiger charge is 2.31. The molecule has 2 amide bonds. The number of ether oxygens (including phenoxy) is 1. The van der Waals surface area contributed by atoms with Gasteiger partial charge in [0.25, 0.3) is 0 Å². The Morgan fingerprint density at radius 1 is 1.14 bits per heavy atom. The Kier molecular flexibility index (Phi) is 5.67. The first-order chi connectivity index (χ1) is 13.4. The third-order valence-electron chi connectivity index (χ3n) is 4.07. The third kappa shape index (κ3) is 4.70. The van der Waals surface area contributed by atoms with E-state index < -0.39 is 17.8 Å². The van der Waals surface area contributed by atoms with E-state index in [1.165, 1.54) is 10.6 Å². The van der Waals surface area contributed by atoms with E-state index in [4.69, 9.17) is 4.74 Å². The van der Waals surface area contributed by atoms with Crippen LogP contribution in [0.3, 0.4) is 0 Å². The molecule has 2 N–H and O–H groups in total. The summed E-state index contributed by atoms with van der Waals surface area (Å²) >= 11 is 0. The zero-order valence-corrected chi connectivity index (χ0v) is 15.0. The number of halogens is 3. The Hall–Kier alpha value is -3.30. The number of urea groups is 1. The van der Waals surface area contributed by atoms with Crippen molar-refractivity contribution in [2.45, 2.75) is 19.1 Å². The fourth-order valence-electron chi connectivity index (χ4n) is 2.57. The first-order valence-corrected chi connectivity index (χ1v) is 8.42. The number of hydrogen-bond donors (Lipinski definition) is 2. The van der Waals surface area contributed by atoms with Gasteiger partial charge in [-0.3, -0.25) is 4.40 Å². The maximum absolute atomic E-state index is 12.7. The minimum absolute atomic E-state index is 0.0287. The van der Waals surface area contributed by atoms with Crippen LogP contribution >= 0.6 is 0 Å². The number of nitrogens with zero attached hydrogens (tertiary/aromatic N) is 3. The Labute approximate surface area is 158 Å². The number of benzene rings is 1. The van der Waals surface area contributed by atoms with Gasteiger partial charge in [-0.25, -0.2) is 4.79 Å². The highest BCUT2D eigenvalue weighted by molar-refractivity contribution is 5.73. The molecule has 3 rings (SSSR count). The van der Waals surface area contributed by atoms with Gasteiger partial charge >= 0.3 is 12.2 Å². The Balaban J connectivity index is 1.50. The molecular formula is C18H18F3N5O2. The van der Waals surface area contributed by atoms with E-state index in [-0.39, 0.29) is 12.2 Å². The summed E-state index contributed by atoms with van der Waals surface area (Å²) in [6.07, 6.45) is -2.57. The van der Waals surface area contributed by atoms with Crippen molar-refractivity contribution in [3.05, 3.63) is 59.5 Å². The van der Waals surface area contributed by atoms with Crippen molar-refractivity contribution in [1.82, 2.24) is 25.2 Å². The molecule has 0 radical (unpaired) electrons. The van der Waals surface area contributed by atoms with Gasteiger partial charge in [-0.2, -0.15) is 13.2 Å². The highest BCUT2D eigenvalue weighted by Crippen LogP contribution is 2.29. The lowest BCUT2D eigenvalue weighted by Crippen LogP contribution is -2.36. The first-order valence-electron chi connectivity index (χ1n) is 8.42. The van der Waals surface area contributed by atoms with Crippen LogP contribution in [0.1, 0.15) is 17.0 Å². The fraction of sp³-hybridized carbons (Fsp3) is 0.278. The highest BCUT2D eigenvalue weighted by atomic mass is 19.4. The van der Waals surface area contributed by atoms with Crippen LogP contribution in [-0.2, 0) is 19.1 Å². The third-order valence-corrected chi connectivity index (χ3v) is 4.07. The molecule has 0 aliphatic carbocycles. The minimum atomic E-state index is -4.45. The quantitative estimate of drug-likeness (QED) is 0.675. The molecular weight excluding hydrogens is 375 g/mol. The number of nitrogens with one attached hydrogen (secondary N) is 2. The van der Waals surface area contributed by atoms with Gasteiger partial charge in [-0.1, -0.05) is 12.1 Å². The number of pyridine rings is 1. The second-order valence-electron chi connectivity index (χ2n) is 5.97. The smallest absolute Gasteiger partial charge is 0.416 e. The molecule has 2 aromatic heterocycles. The molecule has 1 aromatic carbocycles. The van der Waals surface area contributed by atoms with E-state index in [9.17, 15) is 18.0 Å². The Morgan fingerprint density at radius 3 is 2.57 bits per heavy atom. The molecule has 2 heterocycles. The average Bonchev–Trinajstić information content (AvgIpc) is 3.08. The average molecular weight is 393 g/mol. The molecule has 0 spiro atoms. The van der Waals surface area contributed by atoms with Crippen molar-refractivity contribution in [1.29, 1.82) is 0 Å². The van der Waals surface area contributed by atoms with Crippen molar-refractivity contribution in [3.63, 3.8) is 0 Å². The van der Waals surface area contributed by atoms with Gasteiger partial charge in [0.2, 0.25) is 0 Å². The fourth-order valence-corrected chi connectivity index (χ4v) is 2.57. The summed E-state index contributed by atoms with van der Waals surface area (Å²) in [5, 5.41) is 12.9. The van der Waals surface area contributed by atoms with Crippen LogP contribution in [0, 0.1) is 0 Å². The van der Waals surface area contributed by atoms with Crippen LogP contribution in [-0.4, -0.2) is 34.3 Å². The summed E-state index contributed by atoms with van der Waals surface area (Å²) in [5.74, 6) is 1.09. The van der Waals surface area contributed by atoms with Crippen LogP contribution in [0.2, 0.25) is 0 Å². The number of rotatable bonds is 6. The van der Waals surface area contributed by atoms with Gasteiger partial charge in [0.15, 0.2) is 11.5 Å². The van der Waals surface area contributed by atoms with Gasteiger partial charge < -0.3 is 15.4 Å². The van der Waals surface area contributed by atoms with Crippen LogP contribution in [0.5, 0.6) is 5.75 Å². The molecule has 0 unspecified atom stereocenters. The minimum Gasteiger partial charge on any atom is -0.497 e. The summed E-state index contributed by atoms with van der Waals surface area (Å²) in [7, 11) is 1.59. The van der Waals surface area contributed by atoms with E-state index in [0.29, 0.717) is 18.8 Å². The lowest BCUT2D eigenvalue weighted by atomic mass is 10.1. The second-order valence-corrected chi connectivity index (χ2v) is 5.97. The summed E-state index contributed by atoms with van der Waals surface area (Å²) in [5.41, 5.74) is 0.305. The number of carbonyl (C=O) groups is 1. The number of aromatic nitrogens is 3. The van der Waals surface area contributed by atoms with Crippen LogP contribution < -0.4 is 15.4 Å². The normalized spacial score (nSPS) is 11.4. The molecule has 0 bridgehead atoms. The van der Waals surface area contributed by atoms with Gasteiger partial charge in [0.05, 0.1) is 19.2 Å². The van der Waals surface area contributed by atoms with E-state index >= 15 is 0 Å². The SMILES string of the molecule is COc1ccc(CCNC(=O)NCc2nnc3cc(C(F)(F)F)ccn23)cc1.